The molecule has 28 heavy (non-hydrogen) atoms. The fourth-order valence-electron chi connectivity index (χ4n) is 4.40. The molecule has 1 N–H and O–H groups in total. The number of nitrogens with one attached hydrogen (secondary N) is 1. The molecule has 4 rings (SSSR count). The Kier molecular flexibility index (Phi) is 5.75. The summed E-state index contributed by atoms with van der Waals surface area (Å²) in [7, 11) is 4.03. The van der Waals surface area contributed by atoms with Crippen LogP contribution in [0.2, 0.25) is 0 Å². The smallest absolute Gasteiger partial charge is 0.289 e. The lowest BCUT2D eigenvalue weighted by Crippen LogP contribution is -2.39. The molecule has 8 nitrogen and oxygen atoms in total. The average Bonchev–Trinajstić information content (AvgIpc) is 3.36. The van der Waals surface area contributed by atoms with Gasteiger partial charge in [-0.1, -0.05) is 19.3 Å². The summed E-state index contributed by atoms with van der Waals surface area (Å²) in [5.41, 5.74) is 0.587. The van der Waals surface area contributed by atoms with Gasteiger partial charge >= 0.3 is 0 Å². The molecule has 2 aliphatic rings. The fourth-order valence-corrected chi connectivity index (χ4v) is 4.40. The van der Waals surface area contributed by atoms with Crippen molar-refractivity contribution in [3.63, 3.8) is 0 Å². The maximum atomic E-state index is 12.7. The van der Waals surface area contributed by atoms with E-state index in [1.165, 1.54) is 32.1 Å². The molecule has 0 bridgehead atoms. The minimum absolute atomic E-state index is 0.216. The molecule has 2 fully saturated rings. The molecule has 0 radical (unpaired) electrons. The lowest BCUT2D eigenvalue weighted by molar-refractivity contribution is 0.0934. The molecule has 3 heterocycles. The molecular weight excluding hydrogens is 354 g/mol. The van der Waals surface area contributed by atoms with Crippen LogP contribution in [0.3, 0.4) is 0 Å². The van der Waals surface area contributed by atoms with Gasteiger partial charge in [0.25, 0.3) is 5.91 Å². The quantitative estimate of drug-likeness (QED) is 0.819. The summed E-state index contributed by atoms with van der Waals surface area (Å²) in [5.74, 6) is 0.832. The third-order valence-corrected chi connectivity index (χ3v) is 6.03. The van der Waals surface area contributed by atoms with Crippen LogP contribution in [0.25, 0.3) is 11.0 Å². The number of aromatic nitrogens is 4. The van der Waals surface area contributed by atoms with E-state index >= 15 is 0 Å². The van der Waals surface area contributed by atoms with Crippen molar-refractivity contribution in [1.82, 2.24) is 30.0 Å². The van der Waals surface area contributed by atoms with E-state index in [4.69, 9.17) is 0 Å². The highest BCUT2D eigenvalue weighted by atomic mass is 16.2. The number of hydrogen-bond donors (Lipinski definition) is 1. The predicted molar refractivity (Wildman–Crippen MR) is 110 cm³/mol. The number of hydrogen-bond acceptors (Lipinski definition) is 6. The Morgan fingerprint density at radius 1 is 1.18 bits per heavy atom. The Morgan fingerprint density at radius 3 is 2.68 bits per heavy atom. The van der Waals surface area contributed by atoms with Gasteiger partial charge in [-0.2, -0.15) is 5.10 Å². The number of fused-ring (bicyclic) bond motifs is 1. The third kappa shape index (κ3) is 4.11. The van der Waals surface area contributed by atoms with Crippen LogP contribution in [-0.2, 0) is 7.05 Å². The number of amides is 1. The topological polar surface area (TPSA) is 79.2 Å². The SMILES string of the molecule is CN(CCNC(=O)c1nc(N2CCCC2)c2cn(C)nc2n1)C1CCCCC1. The molecule has 0 aromatic carbocycles. The predicted octanol–water partition coefficient (Wildman–Crippen LogP) is 1.96. The van der Waals surface area contributed by atoms with E-state index in [0.29, 0.717) is 18.2 Å². The van der Waals surface area contributed by atoms with Crippen LogP contribution in [0.15, 0.2) is 6.20 Å². The summed E-state index contributed by atoms with van der Waals surface area (Å²) in [6.45, 7) is 3.39. The van der Waals surface area contributed by atoms with Crippen molar-refractivity contribution in [3.05, 3.63) is 12.0 Å². The molecule has 0 atom stereocenters. The molecule has 1 saturated carbocycles. The lowest BCUT2D eigenvalue weighted by Gasteiger charge is -2.31. The van der Waals surface area contributed by atoms with Gasteiger partial charge in [-0.05, 0) is 32.7 Å². The summed E-state index contributed by atoms with van der Waals surface area (Å²) < 4.78 is 1.74. The van der Waals surface area contributed by atoms with Crippen molar-refractivity contribution in [1.29, 1.82) is 0 Å². The zero-order valence-corrected chi connectivity index (χ0v) is 17.0. The van der Waals surface area contributed by atoms with Gasteiger partial charge in [0.1, 0.15) is 5.82 Å². The van der Waals surface area contributed by atoms with Crippen molar-refractivity contribution >= 4 is 22.8 Å². The number of nitrogens with zero attached hydrogens (tertiary/aromatic N) is 6. The zero-order chi connectivity index (χ0) is 19.5. The van der Waals surface area contributed by atoms with E-state index in [9.17, 15) is 4.79 Å². The Bertz CT molecular complexity index is 821. The highest BCUT2D eigenvalue weighted by Gasteiger charge is 2.22. The van der Waals surface area contributed by atoms with Gasteiger partial charge in [0.05, 0.1) is 5.39 Å². The van der Waals surface area contributed by atoms with E-state index < -0.39 is 0 Å². The van der Waals surface area contributed by atoms with Crippen LogP contribution in [0.1, 0.15) is 55.6 Å². The van der Waals surface area contributed by atoms with Crippen molar-refractivity contribution < 1.29 is 4.79 Å². The average molecular weight is 386 g/mol. The summed E-state index contributed by atoms with van der Waals surface area (Å²) in [5, 5.41) is 8.32. The number of likely N-dealkylation sites (N-methyl/N-ethyl adjacent to an activating group) is 1. The van der Waals surface area contributed by atoms with Gasteiger partial charge in [-0.3, -0.25) is 9.48 Å². The second-order valence-corrected chi connectivity index (χ2v) is 8.13. The molecule has 152 valence electrons. The van der Waals surface area contributed by atoms with Gasteiger partial charge in [0, 0.05) is 45.5 Å². The number of carbonyl (C=O) groups excluding carboxylic acids is 1. The Labute approximate surface area is 166 Å². The second-order valence-electron chi connectivity index (χ2n) is 8.13. The zero-order valence-electron chi connectivity index (χ0n) is 17.0. The maximum absolute atomic E-state index is 12.7. The van der Waals surface area contributed by atoms with Gasteiger partial charge in [0.15, 0.2) is 5.65 Å². The standard InChI is InChI=1S/C20H31N7O/c1-25(15-8-4-3-5-9-15)13-10-21-20(28)18-22-17-16(14-26(2)24-17)19(23-18)27-11-6-7-12-27/h14-15H,3-13H2,1-2H3,(H,21,28). The molecule has 1 aliphatic heterocycles. The first-order valence-electron chi connectivity index (χ1n) is 10.6. The van der Waals surface area contributed by atoms with Gasteiger partial charge in [-0.25, -0.2) is 9.97 Å². The molecule has 0 spiro atoms. The highest BCUT2D eigenvalue weighted by molar-refractivity contribution is 5.95. The van der Waals surface area contributed by atoms with Gasteiger partial charge in [0.2, 0.25) is 5.82 Å². The van der Waals surface area contributed by atoms with Gasteiger partial charge in [-0.15, -0.1) is 0 Å². The Balaban J connectivity index is 1.43. The number of rotatable bonds is 6. The number of anilines is 1. The Hall–Kier alpha value is -2.22. The van der Waals surface area contributed by atoms with E-state index in [2.05, 4.69) is 37.2 Å². The van der Waals surface area contributed by atoms with Crippen LogP contribution < -0.4 is 10.2 Å². The third-order valence-electron chi connectivity index (χ3n) is 6.03. The molecule has 1 aliphatic carbocycles. The van der Waals surface area contributed by atoms with E-state index in [0.717, 1.165) is 43.7 Å². The lowest BCUT2D eigenvalue weighted by atomic mass is 9.94. The molecular formula is C20H31N7O. The monoisotopic (exact) mass is 385 g/mol. The molecule has 2 aromatic heterocycles. The van der Waals surface area contributed by atoms with Crippen molar-refractivity contribution in [2.45, 2.75) is 51.0 Å². The largest absolute Gasteiger partial charge is 0.356 e. The summed E-state index contributed by atoms with van der Waals surface area (Å²) in [6.07, 6.45) is 10.8. The van der Waals surface area contributed by atoms with Crippen molar-refractivity contribution in [3.8, 4) is 0 Å². The first kappa shape index (κ1) is 19.1. The van der Waals surface area contributed by atoms with Crippen LogP contribution in [0.5, 0.6) is 0 Å². The molecule has 8 heteroatoms. The Morgan fingerprint density at radius 2 is 1.93 bits per heavy atom. The summed E-state index contributed by atoms with van der Waals surface area (Å²) in [6, 6.07) is 0.647. The highest BCUT2D eigenvalue weighted by Crippen LogP contribution is 2.26. The van der Waals surface area contributed by atoms with Crippen LogP contribution in [-0.4, -0.2) is 69.8 Å². The molecule has 1 amide bonds. The second kappa shape index (κ2) is 8.43. The maximum Gasteiger partial charge on any atom is 0.289 e. The first-order valence-corrected chi connectivity index (χ1v) is 10.6. The number of aryl methyl sites for hydroxylation is 1. The van der Waals surface area contributed by atoms with Crippen molar-refractivity contribution in [2.24, 2.45) is 7.05 Å². The van der Waals surface area contributed by atoms with Crippen molar-refractivity contribution in [2.75, 3.05) is 38.1 Å². The van der Waals surface area contributed by atoms with Gasteiger partial charge < -0.3 is 15.1 Å². The number of carbonyl (C=O) groups is 1. The van der Waals surface area contributed by atoms with Crippen LogP contribution in [0, 0.1) is 0 Å². The van der Waals surface area contributed by atoms with Crippen LogP contribution in [0.4, 0.5) is 5.82 Å². The van der Waals surface area contributed by atoms with Crippen LogP contribution >= 0.6 is 0 Å². The molecule has 0 unspecified atom stereocenters. The normalized spacial score (nSPS) is 18.3. The minimum Gasteiger partial charge on any atom is -0.356 e. The first-order chi connectivity index (χ1) is 13.6. The summed E-state index contributed by atoms with van der Waals surface area (Å²) >= 11 is 0. The summed E-state index contributed by atoms with van der Waals surface area (Å²) in [4.78, 5) is 26.4. The van der Waals surface area contributed by atoms with E-state index in [-0.39, 0.29) is 11.7 Å². The van der Waals surface area contributed by atoms with E-state index in [1.54, 1.807) is 4.68 Å². The fraction of sp³-hybridized carbons (Fsp3) is 0.700. The minimum atomic E-state index is -0.218. The molecule has 2 aromatic rings. The molecule has 1 saturated heterocycles. The van der Waals surface area contributed by atoms with E-state index in [1.807, 2.05) is 13.2 Å².